The van der Waals surface area contributed by atoms with Crippen molar-refractivity contribution in [1.82, 2.24) is 5.32 Å². The molecule has 3 rings (SSSR count). The Morgan fingerprint density at radius 1 is 1.00 bits per heavy atom. The predicted octanol–water partition coefficient (Wildman–Crippen LogP) is 3.70. The van der Waals surface area contributed by atoms with Gasteiger partial charge in [-0.05, 0) is 42.7 Å². The molecule has 1 aliphatic carbocycles. The minimum Gasteiger partial charge on any atom is -0.497 e. The van der Waals surface area contributed by atoms with Crippen molar-refractivity contribution in [2.75, 3.05) is 20.3 Å². The van der Waals surface area contributed by atoms with Crippen LogP contribution in [0.4, 0.5) is 0 Å². The highest BCUT2D eigenvalue weighted by Crippen LogP contribution is 2.41. The summed E-state index contributed by atoms with van der Waals surface area (Å²) in [6, 6.07) is 17.6. The molecule has 0 unspecified atom stereocenters. The molecule has 0 saturated heterocycles. The predicted molar refractivity (Wildman–Crippen MR) is 98.1 cm³/mol. The highest BCUT2D eigenvalue weighted by molar-refractivity contribution is 5.88. The van der Waals surface area contributed by atoms with Gasteiger partial charge in [-0.15, -0.1) is 0 Å². The van der Waals surface area contributed by atoms with Crippen molar-refractivity contribution in [2.45, 2.75) is 31.1 Å². The van der Waals surface area contributed by atoms with Gasteiger partial charge in [0.1, 0.15) is 18.1 Å². The SMILES string of the molecule is COc1ccc(OCCNC(=O)C2(c3ccccc3)CCCC2)cc1. The van der Waals surface area contributed by atoms with Gasteiger partial charge < -0.3 is 14.8 Å². The summed E-state index contributed by atoms with van der Waals surface area (Å²) in [6.45, 7) is 0.947. The van der Waals surface area contributed by atoms with E-state index in [0.717, 1.165) is 42.7 Å². The van der Waals surface area contributed by atoms with Crippen LogP contribution >= 0.6 is 0 Å². The molecular weight excluding hydrogens is 314 g/mol. The zero-order chi connectivity index (χ0) is 17.5. The Morgan fingerprint density at radius 3 is 2.28 bits per heavy atom. The zero-order valence-electron chi connectivity index (χ0n) is 14.7. The Hall–Kier alpha value is -2.49. The molecule has 2 aromatic carbocycles. The normalized spacial score (nSPS) is 15.6. The number of amides is 1. The second kappa shape index (κ2) is 8.06. The summed E-state index contributed by atoms with van der Waals surface area (Å²) >= 11 is 0. The van der Waals surface area contributed by atoms with Crippen LogP contribution in [0.1, 0.15) is 31.2 Å². The maximum Gasteiger partial charge on any atom is 0.230 e. The van der Waals surface area contributed by atoms with E-state index in [2.05, 4.69) is 17.4 Å². The van der Waals surface area contributed by atoms with E-state index >= 15 is 0 Å². The summed E-state index contributed by atoms with van der Waals surface area (Å²) in [5.41, 5.74) is 0.752. The number of nitrogens with one attached hydrogen (secondary N) is 1. The van der Waals surface area contributed by atoms with E-state index in [1.165, 1.54) is 0 Å². The first-order valence-electron chi connectivity index (χ1n) is 8.85. The minimum absolute atomic E-state index is 0.120. The standard InChI is InChI=1S/C21H25NO3/c1-24-18-9-11-19(12-10-18)25-16-15-22-20(23)21(13-5-6-14-21)17-7-3-2-4-8-17/h2-4,7-12H,5-6,13-16H2,1H3,(H,22,23). The monoisotopic (exact) mass is 339 g/mol. The van der Waals surface area contributed by atoms with Gasteiger partial charge in [-0.3, -0.25) is 4.79 Å². The lowest BCUT2D eigenvalue weighted by Crippen LogP contribution is -2.43. The quantitative estimate of drug-likeness (QED) is 0.783. The third kappa shape index (κ3) is 3.95. The highest BCUT2D eigenvalue weighted by atomic mass is 16.5. The first kappa shape index (κ1) is 17.3. The maximum absolute atomic E-state index is 12.9. The van der Waals surface area contributed by atoms with Gasteiger partial charge >= 0.3 is 0 Å². The van der Waals surface area contributed by atoms with Gasteiger partial charge in [0.15, 0.2) is 0 Å². The molecule has 4 heteroatoms. The Kier molecular flexibility index (Phi) is 5.59. The molecule has 2 aromatic rings. The summed E-state index contributed by atoms with van der Waals surface area (Å²) in [5, 5.41) is 3.07. The fraction of sp³-hybridized carbons (Fsp3) is 0.381. The molecule has 0 aromatic heterocycles. The van der Waals surface area contributed by atoms with E-state index in [1.807, 2.05) is 42.5 Å². The first-order valence-corrected chi connectivity index (χ1v) is 8.85. The fourth-order valence-electron chi connectivity index (χ4n) is 3.56. The van der Waals surface area contributed by atoms with E-state index in [-0.39, 0.29) is 11.3 Å². The molecule has 0 heterocycles. The number of rotatable bonds is 7. The summed E-state index contributed by atoms with van der Waals surface area (Å²) in [5.74, 6) is 1.69. The molecule has 1 aliphatic rings. The number of methoxy groups -OCH3 is 1. The van der Waals surface area contributed by atoms with Gasteiger partial charge in [0.05, 0.1) is 19.1 Å². The topological polar surface area (TPSA) is 47.6 Å². The second-order valence-electron chi connectivity index (χ2n) is 6.44. The second-order valence-corrected chi connectivity index (χ2v) is 6.44. The summed E-state index contributed by atoms with van der Waals surface area (Å²) in [7, 11) is 1.64. The third-order valence-electron chi connectivity index (χ3n) is 4.93. The van der Waals surface area contributed by atoms with Crippen LogP contribution in [0.2, 0.25) is 0 Å². The number of ether oxygens (including phenoxy) is 2. The third-order valence-corrected chi connectivity index (χ3v) is 4.93. The average Bonchev–Trinajstić information content (AvgIpc) is 3.17. The van der Waals surface area contributed by atoms with E-state index in [1.54, 1.807) is 7.11 Å². The molecule has 25 heavy (non-hydrogen) atoms. The zero-order valence-corrected chi connectivity index (χ0v) is 14.7. The van der Waals surface area contributed by atoms with Gasteiger partial charge in [-0.25, -0.2) is 0 Å². The van der Waals surface area contributed by atoms with Crippen LogP contribution in [0, 0.1) is 0 Å². The van der Waals surface area contributed by atoms with Crippen LogP contribution in [-0.2, 0) is 10.2 Å². The van der Waals surface area contributed by atoms with Crippen LogP contribution in [-0.4, -0.2) is 26.2 Å². The molecular formula is C21H25NO3. The summed E-state index contributed by atoms with van der Waals surface area (Å²) in [4.78, 5) is 12.9. The molecule has 1 N–H and O–H groups in total. The Bertz CT molecular complexity index is 676. The Balaban J connectivity index is 1.54. The maximum atomic E-state index is 12.9. The molecule has 4 nitrogen and oxygen atoms in total. The smallest absolute Gasteiger partial charge is 0.230 e. The van der Waals surface area contributed by atoms with Crippen molar-refractivity contribution in [3.8, 4) is 11.5 Å². The van der Waals surface area contributed by atoms with Crippen molar-refractivity contribution >= 4 is 5.91 Å². The van der Waals surface area contributed by atoms with Gasteiger partial charge in [-0.2, -0.15) is 0 Å². The van der Waals surface area contributed by atoms with Gasteiger partial charge in [0, 0.05) is 0 Å². The van der Waals surface area contributed by atoms with Gasteiger partial charge in [0.25, 0.3) is 0 Å². The van der Waals surface area contributed by atoms with Crippen molar-refractivity contribution in [3.63, 3.8) is 0 Å². The fourth-order valence-corrected chi connectivity index (χ4v) is 3.56. The van der Waals surface area contributed by atoms with E-state index in [4.69, 9.17) is 9.47 Å². The number of hydrogen-bond acceptors (Lipinski definition) is 3. The van der Waals surface area contributed by atoms with Crippen LogP contribution in [0.5, 0.6) is 11.5 Å². The molecule has 0 atom stereocenters. The molecule has 0 spiro atoms. The van der Waals surface area contributed by atoms with Crippen LogP contribution in [0.3, 0.4) is 0 Å². The van der Waals surface area contributed by atoms with Crippen LogP contribution in [0.15, 0.2) is 54.6 Å². The lowest BCUT2D eigenvalue weighted by atomic mass is 9.78. The first-order chi connectivity index (χ1) is 12.2. The van der Waals surface area contributed by atoms with Crippen molar-refractivity contribution in [3.05, 3.63) is 60.2 Å². The number of carbonyl (C=O) groups is 1. The van der Waals surface area contributed by atoms with Gasteiger partial charge in [-0.1, -0.05) is 43.2 Å². The summed E-state index contributed by atoms with van der Waals surface area (Å²) < 4.78 is 10.8. The molecule has 1 saturated carbocycles. The van der Waals surface area contributed by atoms with Crippen LogP contribution < -0.4 is 14.8 Å². The lowest BCUT2D eigenvalue weighted by molar-refractivity contribution is -0.126. The largest absolute Gasteiger partial charge is 0.497 e. The van der Waals surface area contributed by atoms with Crippen molar-refractivity contribution < 1.29 is 14.3 Å². The molecule has 0 bridgehead atoms. The molecule has 1 amide bonds. The van der Waals surface area contributed by atoms with E-state index < -0.39 is 0 Å². The van der Waals surface area contributed by atoms with E-state index in [0.29, 0.717) is 13.2 Å². The average molecular weight is 339 g/mol. The summed E-state index contributed by atoms with van der Waals surface area (Å²) in [6.07, 6.45) is 4.04. The Labute approximate surface area is 149 Å². The molecule has 0 radical (unpaired) electrons. The number of hydrogen-bond donors (Lipinski definition) is 1. The van der Waals surface area contributed by atoms with Crippen LogP contribution in [0.25, 0.3) is 0 Å². The van der Waals surface area contributed by atoms with Crippen molar-refractivity contribution in [2.24, 2.45) is 0 Å². The number of carbonyl (C=O) groups excluding carboxylic acids is 1. The number of benzene rings is 2. The highest BCUT2D eigenvalue weighted by Gasteiger charge is 2.42. The molecule has 0 aliphatic heterocycles. The Morgan fingerprint density at radius 2 is 1.64 bits per heavy atom. The molecule has 132 valence electrons. The molecule has 1 fully saturated rings. The van der Waals surface area contributed by atoms with E-state index in [9.17, 15) is 4.79 Å². The lowest BCUT2D eigenvalue weighted by Gasteiger charge is -2.28. The van der Waals surface area contributed by atoms with Gasteiger partial charge in [0.2, 0.25) is 5.91 Å². The minimum atomic E-state index is -0.374. The van der Waals surface area contributed by atoms with Crippen molar-refractivity contribution in [1.29, 1.82) is 0 Å².